The van der Waals surface area contributed by atoms with E-state index >= 15 is 0 Å². The molecule has 5 rings (SSSR count). The number of anilines is 1. The highest BCUT2D eigenvalue weighted by Gasteiger charge is 2.17. The van der Waals surface area contributed by atoms with Crippen LogP contribution in [0.4, 0.5) is 10.1 Å². The van der Waals surface area contributed by atoms with Gasteiger partial charge < -0.3 is 14.3 Å². The number of aromatic nitrogens is 1. The molecule has 1 saturated heterocycles. The molecule has 30 heavy (non-hydrogen) atoms. The van der Waals surface area contributed by atoms with Gasteiger partial charge in [0.05, 0.1) is 6.26 Å². The van der Waals surface area contributed by atoms with Gasteiger partial charge in [-0.15, -0.1) is 0 Å². The van der Waals surface area contributed by atoms with Crippen LogP contribution >= 0.6 is 0 Å². The lowest BCUT2D eigenvalue weighted by molar-refractivity contribution is 0.255. The van der Waals surface area contributed by atoms with Crippen molar-refractivity contribution in [2.24, 2.45) is 0 Å². The molecule has 1 N–H and O–H groups in total. The molecule has 5 heteroatoms. The Hall–Kier alpha value is -3.05. The first-order valence-electron chi connectivity index (χ1n) is 10.6. The van der Waals surface area contributed by atoms with Gasteiger partial charge in [-0.2, -0.15) is 0 Å². The van der Waals surface area contributed by atoms with Gasteiger partial charge in [0, 0.05) is 54.5 Å². The molecule has 4 nitrogen and oxygen atoms in total. The molecule has 0 radical (unpaired) electrons. The topological polar surface area (TPSA) is 35.4 Å². The standard InChI is InChI=1S/C25H26FN3O/c26-21-7-10-24-23(17-21)20(18-27-24)3-1-11-28-12-14-29(15-13-28)22-8-5-19(6-9-22)25-4-2-16-30-25/h2,4-10,16-18,27H,1,3,11-15H2. The lowest BCUT2D eigenvalue weighted by Gasteiger charge is -2.36. The van der Waals surface area contributed by atoms with Crippen LogP contribution in [-0.2, 0) is 6.42 Å². The predicted molar refractivity (Wildman–Crippen MR) is 119 cm³/mol. The van der Waals surface area contributed by atoms with Crippen LogP contribution in [0.2, 0.25) is 0 Å². The molecule has 4 aromatic rings. The fourth-order valence-electron chi connectivity index (χ4n) is 4.36. The fraction of sp³-hybridized carbons (Fsp3) is 0.280. The number of nitrogens with one attached hydrogen (secondary N) is 1. The quantitative estimate of drug-likeness (QED) is 0.473. The van der Waals surface area contributed by atoms with Gasteiger partial charge in [-0.1, -0.05) is 0 Å². The average Bonchev–Trinajstić information content (AvgIpc) is 3.45. The molecule has 0 atom stereocenters. The van der Waals surface area contributed by atoms with Crippen molar-refractivity contribution in [3.8, 4) is 11.3 Å². The minimum atomic E-state index is -0.170. The van der Waals surface area contributed by atoms with Crippen molar-refractivity contribution in [2.75, 3.05) is 37.6 Å². The van der Waals surface area contributed by atoms with Crippen LogP contribution in [0.3, 0.4) is 0 Å². The van der Waals surface area contributed by atoms with E-state index in [2.05, 4.69) is 39.0 Å². The number of nitrogens with zero attached hydrogens (tertiary/aromatic N) is 2. The summed E-state index contributed by atoms with van der Waals surface area (Å²) < 4.78 is 19.0. The number of benzene rings is 2. The summed E-state index contributed by atoms with van der Waals surface area (Å²) in [5.41, 5.74) is 4.60. The predicted octanol–water partition coefficient (Wildman–Crippen LogP) is 5.32. The summed E-state index contributed by atoms with van der Waals surface area (Å²) in [6.45, 7) is 5.30. The van der Waals surface area contributed by atoms with Gasteiger partial charge in [-0.25, -0.2) is 4.39 Å². The highest BCUT2D eigenvalue weighted by Crippen LogP contribution is 2.25. The maximum Gasteiger partial charge on any atom is 0.133 e. The first-order valence-corrected chi connectivity index (χ1v) is 10.6. The van der Waals surface area contributed by atoms with Crippen LogP contribution in [0, 0.1) is 5.82 Å². The molecule has 2 aromatic carbocycles. The minimum Gasteiger partial charge on any atom is -0.464 e. The summed E-state index contributed by atoms with van der Waals surface area (Å²) in [4.78, 5) is 8.23. The second kappa shape index (κ2) is 8.36. The number of hydrogen-bond donors (Lipinski definition) is 1. The number of piperazine rings is 1. The summed E-state index contributed by atoms with van der Waals surface area (Å²) in [5.74, 6) is 0.737. The molecule has 2 aromatic heterocycles. The highest BCUT2D eigenvalue weighted by atomic mass is 19.1. The van der Waals surface area contributed by atoms with E-state index in [-0.39, 0.29) is 5.82 Å². The van der Waals surface area contributed by atoms with Gasteiger partial charge in [-0.3, -0.25) is 4.90 Å². The van der Waals surface area contributed by atoms with Crippen LogP contribution in [0.1, 0.15) is 12.0 Å². The van der Waals surface area contributed by atoms with Crippen LogP contribution in [0.25, 0.3) is 22.2 Å². The Kier molecular flexibility index (Phi) is 5.28. The molecule has 1 aliphatic heterocycles. The Morgan fingerprint density at radius 3 is 2.57 bits per heavy atom. The highest BCUT2D eigenvalue weighted by molar-refractivity contribution is 5.83. The molecule has 0 aliphatic carbocycles. The van der Waals surface area contributed by atoms with Gasteiger partial charge in [-0.05, 0) is 79.5 Å². The van der Waals surface area contributed by atoms with Crippen molar-refractivity contribution in [2.45, 2.75) is 12.8 Å². The Labute approximate surface area is 175 Å². The molecule has 0 bridgehead atoms. The molecular weight excluding hydrogens is 377 g/mol. The molecule has 3 heterocycles. The number of H-pyrrole nitrogens is 1. The van der Waals surface area contributed by atoms with Crippen LogP contribution < -0.4 is 4.90 Å². The second-order valence-corrected chi connectivity index (χ2v) is 7.96. The summed E-state index contributed by atoms with van der Waals surface area (Å²) in [5, 5.41) is 1.01. The van der Waals surface area contributed by atoms with Gasteiger partial charge >= 0.3 is 0 Å². The van der Waals surface area contributed by atoms with Crippen molar-refractivity contribution >= 4 is 16.6 Å². The van der Waals surface area contributed by atoms with E-state index in [1.807, 2.05) is 24.4 Å². The SMILES string of the molecule is Fc1ccc2[nH]cc(CCCN3CCN(c4ccc(-c5ccco5)cc4)CC3)c2c1. The molecule has 0 saturated carbocycles. The Morgan fingerprint density at radius 1 is 0.967 bits per heavy atom. The third kappa shape index (κ3) is 3.98. The van der Waals surface area contributed by atoms with E-state index in [9.17, 15) is 4.39 Å². The second-order valence-electron chi connectivity index (χ2n) is 7.96. The smallest absolute Gasteiger partial charge is 0.133 e. The van der Waals surface area contributed by atoms with E-state index in [1.54, 1.807) is 12.3 Å². The van der Waals surface area contributed by atoms with Crippen LogP contribution in [-0.4, -0.2) is 42.6 Å². The van der Waals surface area contributed by atoms with Crippen molar-refractivity contribution in [3.05, 3.63) is 78.4 Å². The molecule has 1 aliphatic rings. The van der Waals surface area contributed by atoms with Crippen molar-refractivity contribution in [1.29, 1.82) is 0 Å². The first-order chi connectivity index (χ1) is 14.8. The zero-order valence-corrected chi connectivity index (χ0v) is 17.0. The zero-order chi connectivity index (χ0) is 20.3. The molecular formula is C25H26FN3O. The van der Waals surface area contributed by atoms with Crippen LogP contribution in [0.15, 0.2) is 71.5 Å². The Bertz CT molecular complexity index is 1090. The third-order valence-corrected chi connectivity index (χ3v) is 6.06. The molecule has 0 amide bonds. The number of halogens is 1. The molecule has 154 valence electrons. The minimum absolute atomic E-state index is 0.170. The van der Waals surface area contributed by atoms with E-state index < -0.39 is 0 Å². The van der Waals surface area contributed by atoms with Gasteiger partial charge in [0.1, 0.15) is 11.6 Å². The van der Waals surface area contributed by atoms with Gasteiger partial charge in [0.15, 0.2) is 0 Å². The van der Waals surface area contributed by atoms with Crippen molar-refractivity contribution in [3.63, 3.8) is 0 Å². The lowest BCUT2D eigenvalue weighted by Crippen LogP contribution is -2.46. The maximum atomic E-state index is 13.5. The average molecular weight is 404 g/mol. The normalized spacial score (nSPS) is 15.2. The Morgan fingerprint density at radius 2 is 1.80 bits per heavy atom. The molecule has 0 unspecified atom stereocenters. The maximum absolute atomic E-state index is 13.5. The number of furan rings is 1. The van der Waals surface area contributed by atoms with Crippen molar-refractivity contribution < 1.29 is 8.81 Å². The van der Waals surface area contributed by atoms with E-state index in [4.69, 9.17) is 4.42 Å². The number of aromatic amines is 1. The van der Waals surface area contributed by atoms with E-state index in [0.717, 1.165) is 67.8 Å². The molecule has 0 spiro atoms. The van der Waals surface area contributed by atoms with Crippen molar-refractivity contribution in [1.82, 2.24) is 9.88 Å². The van der Waals surface area contributed by atoms with Gasteiger partial charge in [0.25, 0.3) is 0 Å². The fourth-order valence-corrected chi connectivity index (χ4v) is 4.36. The summed E-state index contributed by atoms with van der Waals surface area (Å²) >= 11 is 0. The zero-order valence-electron chi connectivity index (χ0n) is 17.0. The summed E-state index contributed by atoms with van der Waals surface area (Å²) in [6.07, 6.45) is 5.78. The number of rotatable bonds is 6. The number of aryl methyl sites for hydroxylation is 1. The monoisotopic (exact) mass is 403 g/mol. The van der Waals surface area contributed by atoms with E-state index in [1.165, 1.54) is 17.3 Å². The Balaban J connectivity index is 1.11. The summed E-state index contributed by atoms with van der Waals surface area (Å²) in [7, 11) is 0. The first kappa shape index (κ1) is 18.9. The van der Waals surface area contributed by atoms with Gasteiger partial charge in [0.2, 0.25) is 0 Å². The largest absolute Gasteiger partial charge is 0.464 e. The van der Waals surface area contributed by atoms with E-state index in [0.29, 0.717) is 0 Å². The number of fused-ring (bicyclic) bond motifs is 1. The molecule has 1 fully saturated rings. The van der Waals surface area contributed by atoms with Crippen LogP contribution in [0.5, 0.6) is 0 Å². The number of hydrogen-bond acceptors (Lipinski definition) is 3. The summed E-state index contributed by atoms with van der Waals surface area (Å²) in [6, 6.07) is 17.5. The lowest BCUT2D eigenvalue weighted by atomic mass is 10.1. The third-order valence-electron chi connectivity index (χ3n) is 6.06.